The van der Waals surface area contributed by atoms with E-state index >= 15 is 0 Å². The fraction of sp³-hybridized carbons (Fsp3) is 0.917. The number of unbranched alkanes of at least 4 members (excludes halogenated alkanes) is 1. The molecule has 3 nitrogen and oxygen atoms in total. The highest BCUT2D eigenvalue weighted by atomic mass is 16.7. The monoisotopic (exact) mass is 214 g/mol. The molecule has 3 heteroatoms. The number of carbonyl (C=O) groups is 1. The Kier molecular flexibility index (Phi) is 4.74. The van der Waals surface area contributed by atoms with Crippen molar-refractivity contribution in [3.63, 3.8) is 0 Å². The average molecular weight is 214 g/mol. The van der Waals surface area contributed by atoms with Gasteiger partial charge in [0.2, 0.25) is 0 Å². The van der Waals surface area contributed by atoms with Gasteiger partial charge in [0.15, 0.2) is 5.79 Å². The Balaban J connectivity index is 2.45. The molecule has 0 saturated carbocycles. The largest absolute Gasteiger partial charge is 0.345 e. The summed E-state index contributed by atoms with van der Waals surface area (Å²) in [6.07, 6.45) is 5.91. The van der Waals surface area contributed by atoms with Crippen LogP contribution in [0.5, 0.6) is 0 Å². The van der Waals surface area contributed by atoms with E-state index in [1.807, 2.05) is 13.8 Å². The maximum atomic E-state index is 10.3. The van der Waals surface area contributed by atoms with E-state index in [0.29, 0.717) is 6.42 Å². The highest BCUT2D eigenvalue weighted by Gasteiger charge is 2.40. The quantitative estimate of drug-likeness (QED) is 0.638. The Morgan fingerprint density at radius 1 is 1.20 bits per heavy atom. The minimum Gasteiger partial charge on any atom is -0.345 e. The number of hydrogen-bond donors (Lipinski definition) is 0. The van der Waals surface area contributed by atoms with Crippen molar-refractivity contribution < 1.29 is 14.3 Å². The molecule has 1 aliphatic rings. The van der Waals surface area contributed by atoms with Crippen LogP contribution in [0.1, 0.15) is 52.9 Å². The summed E-state index contributed by atoms with van der Waals surface area (Å²) in [5, 5.41) is 0. The van der Waals surface area contributed by atoms with Crippen LogP contribution in [0.15, 0.2) is 0 Å². The number of ether oxygens (including phenoxy) is 2. The van der Waals surface area contributed by atoms with E-state index in [9.17, 15) is 4.79 Å². The fourth-order valence-electron chi connectivity index (χ4n) is 2.04. The van der Waals surface area contributed by atoms with Crippen LogP contribution in [0.3, 0.4) is 0 Å². The van der Waals surface area contributed by atoms with Crippen molar-refractivity contribution in [1.29, 1.82) is 0 Å². The molecule has 1 saturated heterocycles. The van der Waals surface area contributed by atoms with E-state index in [-0.39, 0.29) is 12.2 Å². The topological polar surface area (TPSA) is 35.5 Å². The standard InChI is InChI=1S/C12H22O3/c1-4-5-7-10-11(8-6-9-13)15-12(2,3)14-10/h9-11H,4-8H2,1-3H3/t10-,11-/m1/s1. The number of aldehydes is 1. The van der Waals surface area contributed by atoms with Crippen LogP contribution < -0.4 is 0 Å². The predicted molar refractivity (Wildman–Crippen MR) is 58.6 cm³/mol. The third-order valence-electron chi connectivity index (χ3n) is 2.70. The van der Waals surface area contributed by atoms with Crippen LogP contribution in [0, 0.1) is 0 Å². The van der Waals surface area contributed by atoms with Gasteiger partial charge >= 0.3 is 0 Å². The molecule has 0 aliphatic carbocycles. The lowest BCUT2D eigenvalue weighted by atomic mass is 10.0. The van der Waals surface area contributed by atoms with Gasteiger partial charge in [-0.05, 0) is 26.7 Å². The van der Waals surface area contributed by atoms with E-state index in [1.54, 1.807) is 0 Å². The van der Waals surface area contributed by atoms with E-state index in [4.69, 9.17) is 9.47 Å². The molecule has 1 heterocycles. The zero-order chi connectivity index (χ0) is 11.3. The number of rotatable bonds is 6. The first-order valence-electron chi connectivity index (χ1n) is 5.88. The molecule has 0 aromatic rings. The van der Waals surface area contributed by atoms with Crippen molar-refractivity contribution >= 4 is 6.29 Å². The molecule has 2 atom stereocenters. The lowest BCUT2D eigenvalue weighted by Gasteiger charge is -2.16. The van der Waals surface area contributed by atoms with E-state index in [0.717, 1.165) is 25.5 Å². The fourth-order valence-corrected chi connectivity index (χ4v) is 2.04. The van der Waals surface area contributed by atoms with E-state index < -0.39 is 5.79 Å². The van der Waals surface area contributed by atoms with Gasteiger partial charge in [-0.25, -0.2) is 0 Å². The molecule has 0 aromatic heterocycles. The van der Waals surface area contributed by atoms with Crippen molar-refractivity contribution in [3.05, 3.63) is 0 Å². The van der Waals surface area contributed by atoms with Crippen LogP contribution in [0.4, 0.5) is 0 Å². The van der Waals surface area contributed by atoms with Crippen molar-refractivity contribution in [2.75, 3.05) is 0 Å². The third-order valence-corrected chi connectivity index (χ3v) is 2.70. The Bertz CT molecular complexity index is 201. The highest BCUT2D eigenvalue weighted by Crippen LogP contribution is 2.32. The summed E-state index contributed by atoms with van der Waals surface area (Å²) in [4.78, 5) is 10.3. The minimum absolute atomic E-state index is 0.0942. The second-order valence-corrected chi connectivity index (χ2v) is 4.60. The summed E-state index contributed by atoms with van der Waals surface area (Å²) in [7, 11) is 0. The molecule has 15 heavy (non-hydrogen) atoms. The van der Waals surface area contributed by atoms with Gasteiger partial charge in [-0.1, -0.05) is 19.8 Å². The van der Waals surface area contributed by atoms with Crippen molar-refractivity contribution in [1.82, 2.24) is 0 Å². The van der Waals surface area contributed by atoms with Crippen molar-refractivity contribution in [2.45, 2.75) is 70.9 Å². The van der Waals surface area contributed by atoms with Crippen molar-refractivity contribution in [3.8, 4) is 0 Å². The molecule has 0 N–H and O–H groups in total. The van der Waals surface area contributed by atoms with Crippen LogP contribution >= 0.6 is 0 Å². The molecule has 1 fully saturated rings. The third kappa shape index (κ3) is 3.92. The molecule has 1 aliphatic heterocycles. The zero-order valence-corrected chi connectivity index (χ0v) is 9.99. The molecule has 0 amide bonds. The average Bonchev–Trinajstić information content (AvgIpc) is 2.47. The molecular weight excluding hydrogens is 192 g/mol. The molecule has 1 rings (SSSR count). The normalized spacial score (nSPS) is 29.3. The van der Waals surface area contributed by atoms with Gasteiger partial charge in [-0.3, -0.25) is 0 Å². The summed E-state index contributed by atoms with van der Waals surface area (Å²) in [6, 6.07) is 0. The van der Waals surface area contributed by atoms with Gasteiger partial charge in [0, 0.05) is 6.42 Å². The van der Waals surface area contributed by atoms with Gasteiger partial charge in [-0.2, -0.15) is 0 Å². The first-order valence-corrected chi connectivity index (χ1v) is 5.88. The molecule has 0 radical (unpaired) electrons. The first-order chi connectivity index (χ1) is 7.09. The molecule has 0 bridgehead atoms. The maximum absolute atomic E-state index is 10.3. The number of carbonyl (C=O) groups excluding carboxylic acids is 1. The lowest BCUT2D eigenvalue weighted by Crippen LogP contribution is -2.22. The van der Waals surface area contributed by atoms with Crippen LogP contribution in [0.2, 0.25) is 0 Å². The lowest BCUT2D eigenvalue weighted by molar-refractivity contribution is -0.147. The second kappa shape index (κ2) is 5.61. The van der Waals surface area contributed by atoms with Gasteiger partial charge < -0.3 is 14.3 Å². The molecule has 0 unspecified atom stereocenters. The van der Waals surface area contributed by atoms with E-state index in [1.165, 1.54) is 6.42 Å². The Morgan fingerprint density at radius 2 is 1.80 bits per heavy atom. The smallest absolute Gasteiger partial charge is 0.163 e. The van der Waals surface area contributed by atoms with Gasteiger partial charge in [0.1, 0.15) is 6.29 Å². The van der Waals surface area contributed by atoms with Gasteiger partial charge in [0.25, 0.3) is 0 Å². The van der Waals surface area contributed by atoms with Crippen LogP contribution in [-0.4, -0.2) is 24.3 Å². The predicted octanol–water partition coefficient (Wildman–Crippen LogP) is 2.68. The Hall–Kier alpha value is -0.410. The minimum atomic E-state index is -0.480. The highest BCUT2D eigenvalue weighted by molar-refractivity contribution is 5.49. The zero-order valence-electron chi connectivity index (χ0n) is 9.99. The second-order valence-electron chi connectivity index (χ2n) is 4.60. The maximum Gasteiger partial charge on any atom is 0.163 e. The Labute approximate surface area is 92.1 Å². The molecule has 0 spiro atoms. The first kappa shape index (κ1) is 12.7. The number of hydrogen-bond acceptors (Lipinski definition) is 3. The van der Waals surface area contributed by atoms with E-state index in [2.05, 4.69) is 6.92 Å². The van der Waals surface area contributed by atoms with Crippen LogP contribution in [-0.2, 0) is 14.3 Å². The summed E-state index contributed by atoms with van der Waals surface area (Å²) < 4.78 is 11.6. The summed E-state index contributed by atoms with van der Waals surface area (Å²) in [5.74, 6) is -0.480. The summed E-state index contributed by atoms with van der Waals surface area (Å²) >= 11 is 0. The Morgan fingerprint density at radius 3 is 2.33 bits per heavy atom. The van der Waals surface area contributed by atoms with Crippen LogP contribution in [0.25, 0.3) is 0 Å². The SMILES string of the molecule is CCCC[C@H]1OC(C)(C)O[C@@H]1CCC=O. The van der Waals surface area contributed by atoms with Crippen molar-refractivity contribution in [2.24, 2.45) is 0 Å². The molecule has 0 aromatic carbocycles. The summed E-state index contributed by atoms with van der Waals surface area (Å²) in [6.45, 7) is 6.04. The van der Waals surface area contributed by atoms with Gasteiger partial charge in [-0.15, -0.1) is 0 Å². The van der Waals surface area contributed by atoms with Gasteiger partial charge in [0.05, 0.1) is 12.2 Å². The summed E-state index contributed by atoms with van der Waals surface area (Å²) in [5.41, 5.74) is 0. The molecular formula is C12H22O3. The molecule has 88 valence electrons.